The maximum atomic E-state index is 13.6. The van der Waals surface area contributed by atoms with E-state index in [-0.39, 0.29) is 23.2 Å². The molecule has 1 amide bonds. The van der Waals surface area contributed by atoms with Crippen molar-refractivity contribution in [2.45, 2.75) is 39.8 Å². The Balaban J connectivity index is 1.29. The van der Waals surface area contributed by atoms with Gasteiger partial charge in [0, 0.05) is 36.1 Å². The number of aromatic nitrogens is 2. The maximum absolute atomic E-state index is 13.6. The highest BCUT2D eigenvalue weighted by atomic mass is 32.1. The van der Waals surface area contributed by atoms with Gasteiger partial charge in [-0.05, 0) is 57.0 Å². The van der Waals surface area contributed by atoms with Crippen LogP contribution in [0.4, 0.5) is 4.39 Å². The second-order valence-electron chi connectivity index (χ2n) is 7.93. The molecule has 0 unspecified atom stereocenters. The molecular formula is C22H25FN4O2S. The van der Waals surface area contributed by atoms with Crippen LogP contribution in [0.15, 0.2) is 34.4 Å². The molecule has 0 radical (unpaired) electrons. The van der Waals surface area contributed by atoms with Gasteiger partial charge in [-0.3, -0.25) is 18.9 Å². The molecule has 1 aliphatic heterocycles. The number of fused-ring (bicyclic) bond motifs is 1. The summed E-state index contributed by atoms with van der Waals surface area (Å²) in [6.07, 6.45) is 1.51. The van der Waals surface area contributed by atoms with E-state index in [1.54, 1.807) is 23.5 Å². The second kappa shape index (κ2) is 8.65. The molecular weight excluding hydrogens is 403 g/mol. The molecule has 0 saturated carbocycles. The first-order valence-electron chi connectivity index (χ1n) is 10.1. The van der Waals surface area contributed by atoms with E-state index in [9.17, 15) is 14.0 Å². The Hall–Kier alpha value is -2.58. The molecule has 1 aliphatic rings. The van der Waals surface area contributed by atoms with Crippen LogP contribution in [0.2, 0.25) is 0 Å². The van der Waals surface area contributed by atoms with Crippen LogP contribution in [-0.2, 0) is 17.9 Å². The third kappa shape index (κ3) is 4.44. The first-order valence-corrected chi connectivity index (χ1v) is 11.0. The summed E-state index contributed by atoms with van der Waals surface area (Å²) < 4.78 is 15.3. The summed E-state index contributed by atoms with van der Waals surface area (Å²) in [6, 6.07) is 6.64. The normalized spacial score (nSPS) is 15.6. The molecule has 1 N–H and O–H groups in total. The fourth-order valence-electron chi connectivity index (χ4n) is 3.84. The summed E-state index contributed by atoms with van der Waals surface area (Å²) in [4.78, 5) is 32.4. The lowest BCUT2D eigenvalue weighted by Gasteiger charge is -2.31. The number of piperidine rings is 1. The SMILES string of the molecule is Cc1ccc(CNC(=O)C2CCN(Cc3cc(=O)n4c(C)csc4n3)CC2)cc1F. The zero-order valence-electron chi connectivity index (χ0n) is 17.2. The highest BCUT2D eigenvalue weighted by molar-refractivity contribution is 7.15. The van der Waals surface area contributed by atoms with Crippen LogP contribution in [0.5, 0.6) is 0 Å². The number of hydrogen-bond acceptors (Lipinski definition) is 5. The standard InChI is InChI=1S/C22H25FN4O2S/c1-14-3-4-16(9-19(14)23)11-24-21(29)17-5-7-26(8-6-17)12-18-10-20(28)27-15(2)13-30-22(27)25-18/h3-4,9-10,13,17H,5-8,11-12H2,1-2H3,(H,24,29). The van der Waals surface area contributed by atoms with Gasteiger partial charge in [-0.25, -0.2) is 9.37 Å². The Bertz CT molecular complexity index is 1130. The van der Waals surface area contributed by atoms with Crippen molar-refractivity contribution in [3.05, 3.63) is 68.3 Å². The maximum Gasteiger partial charge on any atom is 0.259 e. The molecule has 158 valence electrons. The highest BCUT2D eigenvalue weighted by Gasteiger charge is 2.25. The van der Waals surface area contributed by atoms with Crippen molar-refractivity contribution >= 4 is 22.2 Å². The number of hydrogen-bond donors (Lipinski definition) is 1. The van der Waals surface area contributed by atoms with E-state index >= 15 is 0 Å². The van der Waals surface area contributed by atoms with E-state index in [2.05, 4.69) is 15.2 Å². The van der Waals surface area contributed by atoms with E-state index in [0.29, 0.717) is 18.7 Å². The lowest BCUT2D eigenvalue weighted by Crippen LogP contribution is -2.40. The summed E-state index contributed by atoms with van der Waals surface area (Å²) in [5.41, 5.74) is 2.99. The van der Waals surface area contributed by atoms with Crippen LogP contribution in [0.25, 0.3) is 4.96 Å². The topological polar surface area (TPSA) is 66.7 Å². The smallest absolute Gasteiger partial charge is 0.259 e. The number of nitrogens with zero attached hydrogens (tertiary/aromatic N) is 3. The van der Waals surface area contributed by atoms with Crippen LogP contribution in [0.3, 0.4) is 0 Å². The molecule has 0 atom stereocenters. The fourth-order valence-corrected chi connectivity index (χ4v) is 4.73. The summed E-state index contributed by atoms with van der Waals surface area (Å²) >= 11 is 1.47. The second-order valence-corrected chi connectivity index (χ2v) is 8.77. The van der Waals surface area contributed by atoms with E-state index in [4.69, 9.17) is 0 Å². The van der Waals surface area contributed by atoms with E-state index in [1.807, 2.05) is 18.4 Å². The van der Waals surface area contributed by atoms with Gasteiger partial charge in [0.25, 0.3) is 5.56 Å². The van der Waals surface area contributed by atoms with Gasteiger partial charge in [0.05, 0.1) is 5.69 Å². The Morgan fingerprint density at radius 2 is 2.03 bits per heavy atom. The molecule has 1 saturated heterocycles. The van der Waals surface area contributed by atoms with Crippen molar-refractivity contribution in [3.63, 3.8) is 0 Å². The molecule has 30 heavy (non-hydrogen) atoms. The molecule has 4 rings (SSSR count). The Labute approximate surface area is 178 Å². The Morgan fingerprint density at radius 3 is 2.77 bits per heavy atom. The van der Waals surface area contributed by atoms with Crippen molar-refractivity contribution in [1.29, 1.82) is 0 Å². The molecule has 2 aromatic heterocycles. The molecule has 0 spiro atoms. The van der Waals surface area contributed by atoms with Crippen molar-refractivity contribution in [2.75, 3.05) is 13.1 Å². The van der Waals surface area contributed by atoms with Crippen LogP contribution in [0, 0.1) is 25.6 Å². The van der Waals surface area contributed by atoms with Gasteiger partial charge in [-0.1, -0.05) is 12.1 Å². The van der Waals surface area contributed by atoms with Gasteiger partial charge in [0.15, 0.2) is 4.96 Å². The number of likely N-dealkylation sites (tertiary alicyclic amines) is 1. The van der Waals surface area contributed by atoms with Crippen molar-refractivity contribution < 1.29 is 9.18 Å². The third-order valence-electron chi connectivity index (χ3n) is 5.68. The lowest BCUT2D eigenvalue weighted by molar-refractivity contribution is -0.126. The number of halogens is 1. The first-order chi connectivity index (χ1) is 14.4. The Morgan fingerprint density at radius 1 is 1.27 bits per heavy atom. The van der Waals surface area contributed by atoms with Gasteiger partial charge in [-0.2, -0.15) is 0 Å². The third-order valence-corrected chi connectivity index (χ3v) is 6.62. The zero-order chi connectivity index (χ0) is 21.3. The van der Waals surface area contributed by atoms with Gasteiger partial charge in [0.1, 0.15) is 5.82 Å². The minimum absolute atomic E-state index is 0.0162. The molecule has 0 aliphatic carbocycles. The summed E-state index contributed by atoms with van der Waals surface area (Å²) in [5.74, 6) is -0.278. The van der Waals surface area contributed by atoms with E-state index in [0.717, 1.165) is 47.8 Å². The van der Waals surface area contributed by atoms with E-state index in [1.165, 1.54) is 17.4 Å². The number of aryl methyl sites for hydroxylation is 2. The number of amides is 1. The summed E-state index contributed by atoms with van der Waals surface area (Å²) in [6.45, 7) is 6.13. The molecule has 1 aromatic carbocycles. The van der Waals surface area contributed by atoms with Crippen LogP contribution < -0.4 is 10.9 Å². The van der Waals surface area contributed by atoms with Crippen molar-refractivity contribution in [1.82, 2.24) is 19.6 Å². The van der Waals surface area contributed by atoms with E-state index < -0.39 is 0 Å². The van der Waals surface area contributed by atoms with Gasteiger partial charge < -0.3 is 5.32 Å². The number of carbonyl (C=O) groups is 1. The largest absolute Gasteiger partial charge is 0.352 e. The average molecular weight is 429 g/mol. The lowest BCUT2D eigenvalue weighted by atomic mass is 9.95. The minimum Gasteiger partial charge on any atom is -0.352 e. The first kappa shape index (κ1) is 20.7. The fraction of sp³-hybridized carbons (Fsp3) is 0.409. The highest BCUT2D eigenvalue weighted by Crippen LogP contribution is 2.20. The summed E-state index contributed by atoms with van der Waals surface area (Å²) in [5, 5.41) is 4.86. The number of rotatable bonds is 5. The monoisotopic (exact) mass is 428 g/mol. The predicted molar refractivity (Wildman–Crippen MR) is 115 cm³/mol. The molecule has 3 aromatic rings. The van der Waals surface area contributed by atoms with Crippen molar-refractivity contribution in [2.24, 2.45) is 5.92 Å². The van der Waals surface area contributed by atoms with Crippen LogP contribution >= 0.6 is 11.3 Å². The quantitative estimate of drug-likeness (QED) is 0.678. The van der Waals surface area contributed by atoms with Crippen LogP contribution in [0.1, 0.15) is 35.4 Å². The van der Waals surface area contributed by atoms with Gasteiger partial charge in [0.2, 0.25) is 5.91 Å². The van der Waals surface area contributed by atoms with Gasteiger partial charge >= 0.3 is 0 Å². The molecule has 6 nitrogen and oxygen atoms in total. The molecule has 0 bridgehead atoms. The number of thiazole rings is 1. The average Bonchev–Trinajstić information content (AvgIpc) is 3.10. The van der Waals surface area contributed by atoms with Crippen molar-refractivity contribution in [3.8, 4) is 0 Å². The Kier molecular flexibility index (Phi) is 5.97. The molecule has 1 fully saturated rings. The number of benzene rings is 1. The predicted octanol–water partition coefficient (Wildman–Crippen LogP) is 3.04. The van der Waals surface area contributed by atoms with Gasteiger partial charge in [-0.15, -0.1) is 11.3 Å². The molecule has 3 heterocycles. The summed E-state index contributed by atoms with van der Waals surface area (Å²) in [7, 11) is 0. The zero-order valence-corrected chi connectivity index (χ0v) is 18.0. The van der Waals surface area contributed by atoms with Crippen LogP contribution in [-0.4, -0.2) is 33.3 Å². The minimum atomic E-state index is -0.251. The number of carbonyl (C=O) groups excluding carboxylic acids is 1. The molecule has 8 heteroatoms. The number of nitrogens with one attached hydrogen (secondary N) is 1.